The van der Waals surface area contributed by atoms with E-state index in [9.17, 15) is 18.0 Å². The van der Waals surface area contributed by atoms with E-state index >= 15 is 0 Å². The number of anilines is 2. The monoisotopic (exact) mass is 394 g/mol. The van der Waals surface area contributed by atoms with Gasteiger partial charge in [0, 0.05) is 31.4 Å². The molecule has 0 spiro atoms. The summed E-state index contributed by atoms with van der Waals surface area (Å²) >= 11 is 0. The van der Waals surface area contributed by atoms with Crippen LogP contribution in [0.15, 0.2) is 30.6 Å². The minimum absolute atomic E-state index is 0.0150. The van der Waals surface area contributed by atoms with Gasteiger partial charge in [-0.25, -0.2) is 15.0 Å². The van der Waals surface area contributed by atoms with Crippen LogP contribution in [0.5, 0.6) is 0 Å². The number of pyridine rings is 1. The van der Waals surface area contributed by atoms with E-state index in [1.54, 1.807) is 17.2 Å². The van der Waals surface area contributed by atoms with Gasteiger partial charge < -0.3 is 15.1 Å². The van der Waals surface area contributed by atoms with E-state index in [0.717, 1.165) is 30.4 Å². The molecule has 2 aromatic rings. The Hall–Kier alpha value is -2.75. The summed E-state index contributed by atoms with van der Waals surface area (Å²) in [6, 6.07) is 3.57. The van der Waals surface area contributed by atoms with Crippen molar-refractivity contribution in [1.82, 2.24) is 24.8 Å². The fraction of sp³-hybridized carbons (Fsp3) is 0.444. The predicted molar refractivity (Wildman–Crippen MR) is 97.0 cm³/mol. The summed E-state index contributed by atoms with van der Waals surface area (Å²) in [6.07, 6.45) is -1.05. The van der Waals surface area contributed by atoms with Crippen LogP contribution in [-0.4, -0.2) is 64.4 Å². The maximum Gasteiger partial charge on any atom is 0.416 e. The van der Waals surface area contributed by atoms with Crippen molar-refractivity contribution in [2.45, 2.75) is 18.5 Å². The minimum atomic E-state index is -4.45. The third kappa shape index (κ3) is 4.94. The van der Waals surface area contributed by atoms with Gasteiger partial charge in [0.15, 0.2) is 0 Å². The normalized spacial score (nSPS) is 17.2. The molecule has 1 saturated heterocycles. The van der Waals surface area contributed by atoms with Crippen molar-refractivity contribution in [3.8, 4) is 0 Å². The first-order chi connectivity index (χ1) is 13.2. The van der Waals surface area contributed by atoms with Crippen LogP contribution < -0.4 is 5.32 Å². The average molecular weight is 394 g/mol. The highest BCUT2D eigenvalue weighted by molar-refractivity contribution is 5.78. The van der Waals surface area contributed by atoms with Crippen LogP contribution in [0.1, 0.15) is 23.6 Å². The Morgan fingerprint density at radius 1 is 1.29 bits per heavy atom. The van der Waals surface area contributed by atoms with Gasteiger partial charge in [0.05, 0.1) is 17.8 Å². The summed E-state index contributed by atoms with van der Waals surface area (Å²) in [5.41, 5.74) is -0.0587. The van der Waals surface area contributed by atoms with E-state index in [2.05, 4.69) is 20.3 Å². The fourth-order valence-corrected chi connectivity index (χ4v) is 3.05. The van der Waals surface area contributed by atoms with Crippen molar-refractivity contribution in [2.24, 2.45) is 0 Å². The molecule has 0 unspecified atom stereocenters. The predicted octanol–water partition coefficient (Wildman–Crippen LogP) is 2.51. The number of likely N-dealkylation sites (tertiary alicyclic amines) is 1. The molecule has 1 amide bonds. The molecule has 28 heavy (non-hydrogen) atoms. The second-order valence-corrected chi connectivity index (χ2v) is 6.92. The number of halogens is 3. The van der Waals surface area contributed by atoms with Gasteiger partial charge in [-0.05, 0) is 38.7 Å². The molecule has 7 nitrogen and oxygen atoms in total. The molecule has 1 aliphatic heterocycles. The molecule has 0 radical (unpaired) electrons. The van der Waals surface area contributed by atoms with Gasteiger partial charge in [-0.2, -0.15) is 13.2 Å². The number of alkyl halides is 3. The maximum absolute atomic E-state index is 12.8. The molecule has 3 rings (SSSR count). The van der Waals surface area contributed by atoms with Gasteiger partial charge in [0.25, 0.3) is 0 Å². The molecule has 1 aliphatic rings. The molecule has 0 saturated carbocycles. The number of rotatable bonds is 5. The van der Waals surface area contributed by atoms with Gasteiger partial charge in [-0.3, -0.25) is 4.79 Å². The van der Waals surface area contributed by atoms with Crippen LogP contribution in [-0.2, 0) is 11.0 Å². The van der Waals surface area contributed by atoms with Crippen molar-refractivity contribution >= 4 is 17.7 Å². The van der Waals surface area contributed by atoms with Gasteiger partial charge in [0.1, 0.15) is 5.82 Å². The van der Waals surface area contributed by atoms with Gasteiger partial charge in [-0.1, -0.05) is 0 Å². The summed E-state index contributed by atoms with van der Waals surface area (Å²) in [6.45, 7) is 1.56. The Balaban J connectivity index is 1.69. The van der Waals surface area contributed by atoms with E-state index in [1.807, 2.05) is 19.0 Å². The zero-order valence-corrected chi connectivity index (χ0v) is 15.6. The highest BCUT2D eigenvalue weighted by atomic mass is 19.4. The molecular formula is C18H21F3N6O. The Bertz CT molecular complexity index is 842. The molecule has 1 atom stereocenters. The molecule has 0 aromatic carbocycles. The number of hydrogen-bond donors (Lipinski definition) is 1. The molecule has 3 heterocycles. The largest absolute Gasteiger partial charge is 0.416 e. The van der Waals surface area contributed by atoms with Crippen LogP contribution in [0, 0.1) is 0 Å². The van der Waals surface area contributed by atoms with E-state index in [4.69, 9.17) is 0 Å². The topological polar surface area (TPSA) is 74.2 Å². The lowest BCUT2D eigenvalue weighted by molar-refractivity contribution is -0.137. The van der Waals surface area contributed by atoms with Crippen LogP contribution in [0.4, 0.5) is 24.9 Å². The second-order valence-electron chi connectivity index (χ2n) is 6.92. The van der Waals surface area contributed by atoms with Gasteiger partial charge >= 0.3 is 6.18 Å². The number of aromatic nitrogens is 3. The molecule has 0 bridgehead atoms. The highest BCUT2D eigenvalue weighted by Crippen LogP contribution is 2.30. The summed E-state index contributed by atoms with van der Waals surface area (Å²) in [7, 11) is 3.69. The van der Waals surface area contributed by atoms with Gasteiger partial charge in [0.2, 0.25) is 11.9 Å². The lowest BCUT2D eigenvalue weighted by atomic mass is 10.1. The standard InChI is InChI=1S/C18H21F3N6O/c1-26(2)11-16(28)27-8-5-12(10-27)14-4-7-23-17(24-14)25-15-9-13(3-6-22-15)18(19,20)21/h3-4,6-7,9,12H,5,8,10-11H2,1-2H3,(H,22,23,24,25)/t12-/m0/s1. The SMILES string of the molecule is CN(C)CC(=O)N1CC[C@H](c2ccnc(Nc3cc(C(F)(F)F)ccn3)n2)C1. The zero-order chi connectivity index (χ0) is 20.3. The Morgan fingerprint density at radius 2 is 2.04 bits per heavy atom. The maximum atomic E-state index is 12.8. The molecule has 2 aromatic heterocycles. The van der Waals surface area contributed by atoms with E-state index < -0.39 is 11.7 Å². The van der Waals surface area contributed by atoms with Crippen molar-refractivity contribution in [2.75, 3.05) is 39.0 Å². The third-order valence-electron chi connectivity index (χ3n) is 4.41. The number of carbonyl (C=O) groups excluding carboxylic acids is 1. The molecule has 10 heteroatoms. The minimum Gasteiger partial charge on any atom is -0.341 e. The van der Waals surface area contributed by atoms with Crippen molar-refractivity contribution < 1.29 is 18.0 Å². The first kappa shape index (κ1) is 20.0. The van der Waals surface area contributed by atoms with E-state index in [-0.39, 0.29) is 23.6 Å². The van der Waals surface area contributed by atoms with Crippen molar-refractivity contribution in [3.63, 3.8) is 0 Å². The first-order valence-electron chi connectivity index (χ1n) is 8.78. The van der Waals surface area contributed by atoms with Crippen LogP contribution in [0.3, 0.4) is 0 Å². The summed E-state index contributed by atoms with van der Waals surface area (Å²) in [5, 5.41) is 2.72. The summed E-state index contributed by atoms with van der Waals surface area (Å²) in [4.78, 5) is 28.2. The highest BCUT2D eigenvalue weighted by Gasteiger charge is 2.31. The summed E-state index contributed by atoms with van der Waals surface area (Å²) < 4.78 is 38.5. The lowest BCUT2D eigenvalue weighted by Crippen LogP contribution is -2.36. The van der Waals surface area contributed by atoms with Crippen LogP contribution >= 0.6 is 0 Å². The second kappa shape index (κ2) is 8.09. The summed E-state index contributed by atoms with van der Waals surface area (Å²) in [5.74, 6) is 0.306. The Morgan fingerprint density at radius 3 is 2.75 bits per heavy atom. The van der Waals surface area contributed by atoms with Crippen LogP contribution in [0.25, 0.3) is 0 Å². The molecule has 150 valence electrons. The zero-order valence-electron chi connectivity index (χ0n) is 15.6. The molecule has 1 fully saturated rings. The third-order valence-corrected chi connectivity index (χ3v) is 4.41. The smallest absolute Gasteiger partial charge is 0.341 e. The first-order valence-corrected chi connectivity index (χ1v) is 8.78. The Kier molecular flexibility index (Phi) is 5.78. The van der Waals surface area contributed by atoms with Gasteiger partial charge in [-0.15, -0.1) is 0 Å². The lowest BCUT2D eigenvalue weighted by Gasteiger charge is -2.19. The molecule has 0 aliphatic carbocycles. The van der Waals surface area contributed by atoms with E-state index in [0.29, 0.717) is 19.6 Å². The average Bonchev–Trinajstić information content (AvgIpc) is 3.11. The fourth-order valence-electron chi connectivity index (χ4n) is 3.05. The van der Waals surface area contributed by atoms with Crippen LogP contribution in [0.2, 0.25) is 0 Å². The molecule has 1 N–H and O–H groups in total. The van der Waals surface area contributed by atoms with Crippen molar-refractivity contribution in [1.29, 1.82) is 0 Å². The van der Waals surface area contributed by atoms with Crippen molar-refractivity contribution in [3.05, 3.63) is 41.9 Å². The number of carbonyl (C=O) groups is 1. The Labute approximate surface area is 160 Å². The number of nitrogens with zero attached hydrogens (tertiary/aromatic N) is 5. The number of amides is 1. The number of nitrogens with one attached hydrogen (secondary N) is 1. The number of hydrogen-bond acceptors (Lipinski definition) is 6. The number of likely N-dealkylation sites (N-methyl/N-ethyl adjacent to an activating group) is 1. The van der Waals surface area contributed by atoms with E-state index in [1.165, 1.54) is 0 Å². The molecular weight excluding hydrogens is 373 g/mol. The quantitative estimate of drug-likeness (QED) is 0.840.